The summed E-state index contributed by atoms with van der Waals surface area (Å²) in [6.45, 7) is 0. The lowest BCUT2D eigenvalue weighted by Crippen LogP contribution is -2.13. The van der Waals surface area contributed by atoms with Gasteiger partial charge in [0.15, 0.2) is 5.82 Å². The third-order valence-electron chi connectivity index (χ3n) is 3.31. The smallest absolute Gasteiger partial charge is 0.270 e. The first-order valence-corrected chi connectivity index (χ1v) is 7.98. The van der Waals surface area contributed by atoms with Gasteiger partial charge in [0.25, 0.3) is 11.6 Å². The number of benzene rings is 2. The van der Waals surface area contributed by atoms with Crippen molar-refractivity contribution in [3.8, 4) is 11.3 Å². The fourth-order valence-corrected chi connectivity index (χ4v) is 2.78. The van der Waals surface area contributed by atoms with Crippen LogP contribution in [0.1, 0.15) is 10.4 Å². The summed E-state index contributed by atoms with van der Waals surface area (Å²) in [6.07, 6.45) is 0. The third-order valence-corrected chi connectivity index (χ3v) is 4.25. The number of nitro benzene ring substituents is 1. The zero-order valence-electron chi connectivity index (χ0n) is 12.2. The van der Waals surface area contributed by atoms with Crippen LogP contribution in [-0.2, 0) is 0 Å². The molecule has 2 N–H and O–H groups in total. The number of nitrogens with zero attached hydrogens (tertiary/aromatic N) is 2. The van der Waals surface area contributed by atoms with E-state index in [1.54, 1.807) is 30.3 Å². The van der Waals surface area contributed by atoms with Gasteiger partial charge in [0.1, 0.15) is 0 Å². The molecular formula is C16H11IN4O3. The number of rotatable bonds is 4. The molecule has 7 nitrogen and oxygen atoms in total. The Hall–Kier alpha value is -2.75. The average molecular weight is 434 g/mol. The zero-order chi connectivity index (χ0) is 17.1. The lowest BCUT2D eigenvalue weighted by Gasteiger charge is -2.03. The SMILES string of the molecule is O=C(Nc1cc(-c2cccc([N+](=O)[O-])c2)[nH]n1)c1ccccc1I. The largest absolute Gasteiger partial charge is 0.305 e. The van der Waals surface area contributed by atoms with Crippen molar-refractivity contribution >= 4 is 40.0 Å². The molecule has 0 aliphatic carbocycles. The second-order valence-electron chi connectivity index (χ2n) is 4.91. The Morgan fingerprint density at radius 3 is 2.71 bits per heavy atom. The minimum Gasteiger partial charge on any atom is -0.305 e. The standard InChI is InChI=1S/C16H11IN4O3/c17-13-7-2-1-6-12(13)16(22)18-15-9-14(19-20-15)10-4-3-5-11(8-10)21(23)24/h1-9H,(H2,18,19,20,22). The van der Waals surface area contributed by atoms with Gasteiger partial charge in [0.05, 0.1) is 16.2 Å². The van der Waals surface area contributed by atoms with E-state index in [9.17, 15) is 14.9 Å². The van der Waals surface area contributed by atoms with Crippen molar-refractivity contribution in [2.75, 3.05) is 5.32 Å². The van der Waals surface area contributed by atoms with Crippen LogP contribution in [0.4, 0.5) is 11.5 Å². The van der Waals surface area contributed by atoms with Crippen molar-refractivity contribution in [1.29, 1.82) is 0 Å². The minimum absolute atomic E-state index is 0.00785. The van der Waals surface area contributed by atoms with Gasteiger partial charge in [-0.3, -0.25) is 20.0 Å². The topological polar surface area (TPSA) is 101 Å². The van der Waals surface area contributed by atoms with Crippen LogP contribution in [-0.4, -0.2) is 21.0 Å². The highest BCUT2D eigenvalue weighted by molar-refractivity contribution is 14.1. The van der Waals surface area contributed by atoms with Crippen LogP contribution >= 0.6 is 22.6 Å². The first-order valence-electron chi connectivity index (χ1n) is 6.91. The van der Waals surface area contributed by atoms with E-state index in [-0.39, 0.29) is 11.6 Å². The van der Waals surface area contributed by atoms with Gasteiger partial charge in [0, 0.05) is 27.3 Å². The number of aromatic nitrogens is 2. The van der Waals surface area contributed by atoms with Crippen molar-refractivity contribution in [2.24, 2.45) is 0 Å². The predicted octanol–water partition coefficient (Wildman–Crippen LogP) is 3.84. The van der Waals surface area contributed by atoms with Gasteiger partial charge in [0.2, 0.25) is 0 Å². The summed E-state index contributed by atoms with van der Waals surface area (Å²) in [6, 6.07) is 15.0. The minimum atomic E-state index is -0.458. The quantitative estimate of drug-likeness (QED) is 0.370. The molecule has 8 heteroatoms. The fourth-order valence-electron chi connectivity index (χ4n) is 2.15. The number of amides is 1. The molecule has 0 saturated carbocycles. The Balaban J connectivity index is 1.81. The number of anilines is 1. The van der Waals surface area contributed by atoms with Gasteiger partial charge in [-0.1, -0.05) is 24.3 Å². The molecule has 1 heterocycles. The van der Waals surface area contributed by atoms with Crippen LogP contribution in [0.25, 0.3) is 11.3 Å². The molecule has 0 unspecified atom stereocenters. The van der Waals surface area contributed by atoms with E-state index in [2.05, 4.69) is 38.1 Å². The second kappa shape index (κ2) is 6.79. The maximum atomic E-state index is 12.3. The molecule has 24 heavy (non-hydrogen) atoms. The molecule has 2 aromatic carbocycles. The van der Waals surface area contributed by atoms with Crippen molar-refractivity contribution in [1.82, 2.24) is 10.2 Å². The first-order chi connectivity index (χ1) is 11.5. The maximum Gasteiger partial charge on any atom is 0.270 e. The summed E-state index contributed by atoms with van der Waals surface area (Å²) in [5.74, 6) is 0.0817. The fraction of sp³-hybridized carbons (Fsp3) is 0. The van der Waals surface area contributed by atoms with Crippen LogP contribution in [0.15, 0.2) is 54.6 Å². The van der Waals surface area contributed by atoms with Crippen LogP contribution in [0, 0.1) is 13.7 Å². The average Bonchev–Trinajstić information content (AvgIpc) is 3.04. The normalized spacial score (nSPS) is 10.4. The summed E-state index contributed by atoms with van der Waals surface area (Å²) in [5.41, 5.74) is 1.74. The summed E-state index contributed by atoms with van der Waals surface area (Å²) in [4.78, 5) is 22.7. The van der Waals surface area contributed by atoms with Crippen LogP contribution in [0.3, 0.4) is 0 Å². The van der Waals surface area contributed by atoms with Crippen LogP contribution < -0.4 is 5.32 Å². The lowest BCUT2D eigenvalue weighted by molar-refractivity contribution is -0.384. The molecule has 0 aliphatic heterocycles. The van der Waals surface area contributed by atoms with E-state index in [0.717, 1.165) is 3.57 Å². The summed E-state index contributed by atoms with van der Waals surface area (Å²) >= 11 is 2.09. The number of carbonyl (C=O) groups excluding carboxylic acids is 1. The molecule has 0 bridgehead atoms. The molecule has 1 aromatic heterocycles. The zero-order valence-corrected chi connectivity index (χ0v) is 14.4. The molecule has 3 aromatic rings. The number of aromatic amines is 1. The van der Waals surface area contributed by atoms with E-state index in [1.165, 1.54) is 12.1 Å². The Kier molecular flexibility index (Phi) is 4.56. The third kappa shape index (κ3) is 3.43. The molecule has 0 radical (unpaired) electrons. The molecule has 0 spiro atoms. The Labute approximate surface area is 150 Å². The number of hydrogen-bond acceptors (Lipinski definition) is 4. The van der Waals surface area contributed by atoms with Crippen LogP contribution in [0.5, 0.6) is 0 Å². The number of hydrogen-bond donors (Lipinski definition) is 2. The summed E-state index contributed by atoms with van der Waals surface area (Å²) < 4.78 is 0.835. The number of non-ortho nitro benzene ring substituents is 1. The molecule has 0 saturated heterocycles. The Bertz CT molecular complexity index is 923. The second-order valence-corrected chi connectivity index (χ2v) is 6.07. The van der Waals surface area contributed by atoms with Gasteiger partial charge in [-0.25, -0.2) is 0 Å². The van der Waals surface area contributed by atoms with Gasteiger partial charge < -0.3 is 5.32 Å². The van der Waals surface area contributed by atoms with Crippen LogP contribution in [0.2, 0.25) is 0 Å². The summed E-state index contributed by atoms with van der Waals surface area (Å²) in [5, 5.41) is 20.4. The van der Waals surface area contributed by atoms with Gasteiger partial charge in [-0.15, -0.1) is 0 Å². The van der Waals surface area contributed by atoms with Gasteiger partial charge in [-0.2, -0.15) is 5.10 Å². The Morgan fingerprint density at radius 1 is 1.17 bits per heavy atom. The monoisotopic (exact) mass is 434 g/mol. The van der Waals surface area contributed by atoms with Crippen molar-refractivity contribution in [2.45, 2.75) is 0 Å². The summed E-state index contributed by atoms with van der Waals surface area (Å²) in [7, 11) is 0. The molecule has 120 valence electrons. The highest BCUT2D eigenvalue weighted by Crippen LogP contribution is 2.24. The predicted molar refractivity (Wildman–Crippen MR) is 97.8 cm³/mol. The van der Waals surface area contributed by atoms with Crippen molar-refractivity contribution in [3.05, 3.63) is 73.8 Å². The van der Waals surface area contributed by atoms with E-state index in [1.807, 2.05) is 12.1 Å². The first kappa shape index (κ1) is 16.1. The van der Waals surface area contributed by atoms with Gasteiger partial charge in [-0.05, 0) is 34.7 Å². The van der Waals surface area contributed by atoms with Gasteiger partial charge >= 0.3 is 0 Å². The van der Waals surface area contributed by atoms with Crippen molar-refractivity contribution < 1.29 is 9.72 Å². The van der Waals surface area contributed by atoms with E-state index < -0.39 is 4.92 Å². The highest BCUT2D eigenvalue weighted by atomic mass is 127. The van der Waals surface area contributed by atoms with Crippen molar-refractivity contribution in [3.63, 3.8) is 0 Å². The molecule has 0 fully saturated rings. The number of nitrogens with one attached hydrogen (secondary N) is 2. The molecule has 0 aliphatic rings. The highest BCUT2D eigenvalue weighted by Gasteiger charge is 2.13. The lowest BCUT2D eigenvalue weighted by atomic mass is 10.1. The molecular weight excluding hydrogens is 423 g/mol. The number of H-pyrrole nitrogens is 1. The number of carbonyl (C=O) groups is 1. The number of nitro groups is 1. The van der Waals surface area contributed by atoms with E-state index >= 15 is 0 Å². The Morgan fingerprint density at radius 2 is 1.96 bits per heavy atom. The number of halogens is 1. The van der Waals surface area contributed by atoms with E-state index in [4.69, 9.17) is 0 Å². The maximum absolute atomic E-state index is 12.3. The van der Waals surface area contributed by atoms with E-state index in [0.29, 0.717) is 22.6 Å². The molecule has 1 amide bonds. The molecule has 0 atom stereocenters. The molecule has 3 rings (SSSR count).